The number of carboxylic acids is 1. The second-order valence-electron chi connectivity index (χ2n) is 4.17. The van der Waals surface area contributed by atoms with Crippen molar-refractivity contribution in [3.8, 4) is 11.5 Å². The first-order valence-electron chi connectivity index (χ1n) is 6.18. The third kappa shape index (κ3) is 2.81. The predicted molar refractivity (Wildman–Crippen MR) is 71.5 cm³/mol. The smallest absolute Gasteiger partial charge is 0.330 e. The van der Waals surface area contributed by atoms with E-state index in [4.69, 9.17) is 14.6 Å². The van der Waals surface area contributed by atoms with Crippen molar-refractivity contribution in [2.24, 2.45) is 0 Å². The molecule has 0 spiro atoms. The minimum absolute atomic E-state index is 0.561. The highest BCUT2D eigenvalue weighted by atomic mass is 16.5. The maximum atomic E-state index is 10.8. The molecule has 0 radical (unpaired) electrons. The molecule has 0 atom stereocenters. The molecule has 0 aromatic heterocycles. The summed E-state index contributed by atoms with van der Waals surface area (Å²) in [6.45, 7) is 3.19. The van der Waals surface area contributed by atoms with Gasteiger partial charge in [0.25, 0.3) is 0 Å². The van der Waals surface area contributed by atoms with Gasteiger partial charge in [-0.25, -0.2) is 4.79 Å². The van der Waals surface area contributed by atoms with Gasteiger partial charge in [-0.3, -0.25) is 0 Å². The lowest BCUT2D eigenvalue weighted by Crippen LogP contribution is -2.23. The first kappa shape index (κ1) is 13.3. The summed E-state index contributed by atoms with van der Waals surface area (Å²) in [6, 6.07) is 3.75. The highest BCUT2D eigenvalue weighted by Crippen LogP contribution is 2.34. The quantitative estimate of drug-likeness (QED) is 0.809. The summed E-state index contributed by atoms with van der Waals surface area (Å²) in [4.78, 5) is 10.8. The van der Waals surface area contributed by atoms with E-state index in [1.807, 2.05) is 19.1 Å². The molecule has 0 amide bonds. The standard InChI is InChI=1S/C14H17NO4/c1-3-19-13-6-9-4-5-15-11(8-14(16)17)10(9)7-12(13)18-2/h6-8,15H,3-5H2,1-2H3,(H,16,17)/b11-8-. The molecule has 0 bridgehead atoms. The van der Waals surface area contributed by atoms with Gasteiger partial charge in [0.05, 0.1) is 13.7 Å². The van der Waals surface area contributed by atoms with E-state index in [0.717, 1.165) is 17.5 Å². The number of ether oxygens (including phenoxy) is 2. The highest BCUT2D eigenvalue weighted by molar-refractivity contribution is 5.90. The van der Waals surface area contributed by atoms with Crippen LogP contribution in [-0.4, -0.2) is 31.3 Å². The molecule has 1 aliphatic heterocycles. The average Bonchev–Trinajstić information content (AvgIpc) is 2.38. The molecule has 5 heteroatoms. The molecule has 1 aliphatic rings. The van der Waals surface area contributed by atoms with Crippen LogP contribution in [0.3, 0.4) is 0 Å². The number of hydrogen-bond acceptors (Lipinski definition) is 4. The minimum Gasteiger partial charge on any atom is -0.493 e. The van der Waals surface area contributed by atoms with Crippen LogP contribution in [-0.2, 0) is 11.2 Å². The van der Waals surface area contributed by atoms with Crippen LogP contribution in [0.2, 0.25) is 0 Å². The summed E-state index contributed by atoms with van der Waals surface area (Å²) in [6.07, 6.45) is 2.01. The second kappa shape index (κ2) is 5.65. The molecule has 19 heavy (non-hydrogen) atoms. The van der Waals surface area contributed by atoms with Crippen LogP contribution in [0.1, 0.15) is 18.1 Å². The third-order valence-electron chi connectivity index (χ3n) is 2.96. The van der Waals surface area contributed by atoms with Gasteiger partial charge in [-0.1, -0.05) is 0 Å². The van der Waals surface area contributed by atoms with Crippen molar-refractivity contribution in [1.29, 1.82) is 0 Å². The fourth-order valence-electron chi connectivity index (χ4n) is 2.17. The van der Waals surface area contributed by atoms with Crippen LogP contribution in [0.5, 0.6) is 11.5 Å². The van der Waals surface area contributed by atoms with Crippen molar-refractivity contribution in [2.75, 3.05) is 20.3 Å². The number of hydrogen-bond donors (Lipinski definition) is 2. The van der Waals surface area contributed by atoms with E-state index in [1.165, 1.54) is 6.08 Å². The molecule has 0 unspecified atom stereocenters. The Bertz CT molecular complexity index is 522. The summed E-state index contributed by atoms with van der Waals surface area (Å²) in [7, 11) is 1.57. The first-order chi connectivity index (χ1) is 9.15. The maximum Gasteiger partial charge on any atom is 0.330 e. The summed E-state index contributed by atoms with van der Waals surface area (Å²) < 4.78 is 10.8. The number of methoxy groups -OCH3 is 1. The van der Waals surface area contributed by atoms with E-state index in [-0.39, 0.29) is 0 Å². The lowest BCUT2D eigenvalue weighted by molar-refractivity contribution is -0.131. The summed E-state index contributed by atoms with van der Waals surface area (Å²) >= 11 is 0. The maximum absolute atomic E-state index is 10.8. The number of aliphatic carboxylic acids is 1. The topological polar surface area (TPSA) is 67.8 Å². The van der Waals surface area contributed by atoms with Gasteiger partial charge in [0.15, 0.2) is 11.5 Å². The Kier molecular flexibility index (Phi) is 3.94. The number of nitrogens with one attached hydrogen (secondary N) is 1. The Morgan fingerprint density at radius 3 is 2.89 bits per heavy atom. The second-order valence-corrected chi connectivity index (χ2v) is 4.17. The average molecular weight is 263 g/mol. The van der Waals surface area contributed by atoms with Gasteiger partial charge in [0.2, 0.25) is 0 Å². The molecule has 1 aromatic carbocycles. The van der Waals surface area contributed by atoms with E-state index in [9.17, 15) is 4.79 Å². The molecule has 2 N–H and O–H groups in total. The van der Waals surface area contributed by atoms with Crippen molar-refractivity contribution in [3.05, 3.63) is 29.3 Å². The van der Waals surface area contributed by atoms with Crippen LogP contribution < -0.4 is 14.8 Å². The van der Waals surface area contributed by atoms with Crippen LogP contribution in [0, 0.1) is 0 Å². The van der Waals surface area contributed by atoms with Crippen LogP contribution >= 0.6 is 0 Å². The van der Waals surface area contributed by atoms with Crippen LogP contribution in [0.15, 0.2) is 18.2 Å². The van der Waals surface area contributed by atoms with Gasteiger partial charge in [-0.15, -0.1) is 0 Å². The monoisotopic (exact) mass is 263 g/mol. The molecule has 2 rings (SSSR count). The number of rotatable bonds is 4. The molecule has 0 aliphatic carbocycles. The molecule has 0 saturated carbocycles. The van der Waals surface area contributed by atoms with Gasteiger partial charge in [0, 0.05) is 23.9 Å². The zero-order valence-electron chi connectivity index (χ0n) is 11.0. The first-order valence-corrected chi connectivity index (χ1v) is 6.18. The van der Waals surface area contributed by atoms with Gasteiger partial charge in [-0.05, 0) is 31.0 Å². The predicted octanol–water partition coefficient (Wildman–Crippen LogP) is 1.67. The largest absolute Gasteiger partial charge is 0.493 e. The Morgan fingerprint density at radius 2 is 2.26 bits per heavy atom. The summed E-state index contributed by atoms with van der Waals surface area (Å²) in [5, 5.41) is 12.0. The van der Waals surface area contributed by atoms with E-state index in [2.05, 4.69) is 5.32 Å². The summed E-state index contributed by atoms with van der Waals surface area (Å²) in [5.41, 5.74) is 2.53. The number of benzene rings is 1. The van der Waals surface area contributed by atoms with Crippen LogP contribution in [0.4, 0.5) is 0 Å². The van der Waals surface area contributed by atoms with Crippen molar-refractivity contribution < 1.29 is 19.4 Å². The zero-order valence-corrected chi connectivity index (χ0v) is 11.0. The van der Waals surface area contributed by atoms with E-state index in [1.54, 1.807) is 7.11 Å². The van der Waals surface area contributed by atoms with E-state index >= 15 is 0 Å². The molecule has 1 heterocycles. The highest BCUT2D eigenvalue weighted by Gasteiger charge is 2.18. The van der Waals surface area contributed by atoms with Gasteiger partial charge in [-0.2, -0.15) is 0 Å². The Hall–Kier alpha value is -2.17. The van der Waals surface area contributed by atoms with Gasteiger partial charge in [0.1, 0.15) is 0 Å². The number of carboxylic acid groups (broad SMARTS) is 1. The number of fused-ring (bicyclic) bond motifs is 1. The van der Waals surface area contributed by atoms with Crippen molar-refractivity contribution in [1.82, 2.24) is 5.32 Å². The SMILES string of the molecule is CCOc1cc2c(cc1OC)/C(=C/C(=O)O)NCC2. The molecular weight excluding hydrogens is 246 g/mol. The molecule has 0 saturated heterocycles. The molecule has 1 aromatic rings. The lowest BCUT2D eigenvalue weighted by atomic mass is 9.97. The van der Waals surface area contributed by atoms with Crippen molar-refractivity contribution in [3.63, 3.8) is 0 Å². The molecule has 102 valence electrons. The zero-order chi connectivity index (χ0) is 13.8. The van der Waals surface area contributed by atoms with Crippen molar-refractivity contribution >= 4 is 11.7 Å². The fraction of sp³-hybridized carbons (Fsp3) is 0.357. The van der Waals surface area contributed by atoms with Gasteiger partial charge >= 0.3 is 5.97 Å². The molecular formula is C14H17NO4. The summed E-state index contributed by atoms with van der Waals surface area (Å²) in [5.74, 6) is 0.337. The Labute approximate surface area is 111 Å². The third-order valence-corrected chi connectivity index (χ3v) is 2.96. The van der Waals surface area contributed by atoms with E-state index < -0.39 is 5.97 Å². The van der Waals surface area contributed by atoms with E-state index in [0.29, 0.717) is 30.3 Å². The number of carbonyl (C=O) groups is 1. The molecule has 0 fully saturated rings. The minimum atomic E-state index is -0.969. The normalized spacial score (nSPS) is 15.6. The Balaban J connectivity index is 2.49. The van der Waals surface area contributed by atoms with Crippen molar-refractivity contribution in [2.45, 2.75) is 13.3 Å². The lowest BCUT2D eigenvalue weighted by Gasteiger charge is -2.23. The Morgan fingerprint density at radius 1 is 1.47 bits per heavy atom. The van der Waals surface area contributed by atoms with Crippen LogP contribution in [0.25, 0.3) is 5.70 Å². The fourth-order valence-corrected chi connectivity index (χ4v) is 2.17. The van der Waals surface area contributed by atoms with Gasteiger partial charge < -0.3 is 19.9 Å². The molecule has 5 nitrogen and oxygen atoms in total.